The molecule has 0 radical (unpaired) electrons. The lowest BCUT2D eigenvalue weighted by Gasteiger charge is -2.36. The molecule has 0 spiro atoms. The minimum absolute atomic E-state index is 0.0222. The summed E-state index contributed by atoms with van der Waals surface area (Å²) in [5.41, 5.74) is 0. The van der Waals surface area contributed by atoms with Gasteiger partial charge in [0.25, 0.3) is 0 Å². The molecule has 1 unspecified atom stereocenters. The van der Waals surface area contributed by atoms with Crippen molar-refractivity contribution >= 4 is 79.6 Å². The van der Waals surface area contributed by atoms with Gasteiger partial charge in [-0.2, -0.15) is 0 Å². The maximum absolute atomic E-state index is 9.10. The van der Waals surface area contributed by atoms with Crippen LogP contribution in [0.5, 0.6) is 0 Å². The van der Waals surface area contributed by atoms with Gasteiger partial charge in [-0.25, -0.2) is 0 Å². The predicted molar refractivity (Wildman–Crippen MR) is 71.3 cm³/mol. The highest BCUT2D eigenvalue weighted by Crippen LogP contribution is 2.52. The van der Waals surface area contributed by atoms with Gasteiger partial charge >= 0.3 is 0 Å². The number of rotatable bonds is 4. The van der Waals surface area contributed by atoms with Gasteiger partial charge in [-0.05, 0) is 6.42 Å². The molecule has 0 aliphatic heterocycles. The van der Waals surface area contributed by atoms with Crippen LogP contribution < -0.4 is 0 Å². The quantitative estimate of drug-likeness (QED) is 0.581. The van der Waals surface area contributed by atoms with Gasteiger partial charge in [0.15, 0.2) is 0 Å². The van der Waals surface area contributed by atoms with E-state index >= 15 is 0 Å². The van der Waals surface area contributed by atoms with Gasteiger partial charge < -0.3 is 5.11 Å². The molecule has 1 nitrogen and oxygen atoms in total. The number of aliphatic hydroxyl groups is 1. The second kappa shape index (κ2) is 5.45. The van der Waals surface area contributed by atoms with Crippen LogP contribution in [0.2, 0.25) is 0 Å². The Hall–Kier alpha value is 2.36. The van der Waals surface area contributed by atoms with E-state index in [1.54, 1.807) is 0 Å². The van der Waals surface area contributed by atoms with Crippen LogP contribution in [-0.4, -0.2) is 23.0 Å². The molecule has 0 heterocycles. The molecule has 0 aromatic carbocycles. The first-order chi connectivity index (χ1) is 5.29. The van der Waals surface area contributed by atoms with Crippen LogP contribution in [0.15, 0.2) is 0 Å². The minimum Gasteiger partial charge on any atom is -0.394 e. The lowest BCUT2D eigenvalue weighted by Crippen LogP contribution is -2.44. The van der Waals surface area contributed by atoms with Crippen LogP contribution in [0.3, 0.4) is 0 Å². The molecule has 0 saturated heterocycles. The van der Waals surface area contributed by atoms with Gasteiger partial charge in [0.2, 0.25) is 0 Å². The maximum Gasteiger partial charge on any atom is 0.129 e. The second-order valence-corrected chi connectivity index (χ2v) is 10.8. The van der Waals surface area contributed by atoms with Crippen LogP contribution in [-0.2, 0) is 0 Å². The molecule has 6 heteroatoms. The SMILES string of the molecule is CCC(Br)C(Br)(Br)C(Br)(Br)CO. The van der Waals surface area contributed by atoms with Crippen molar-refractivity contribution in [1.29, 1.82) is 0 Å². The molecule has 1 atom stereocenters. The van der Waals surface area contributed by atoms with E-state index in [1.165, 1.54) is 0 Å². The number of hydrogen-bond donors (Lipinski definition) is 1. The van der Waals surface area contributed by atoms with Crippen molar-refractivity contribution < 1.29 is 5.11 Å². The third-order valence-electron chi connectivity index (χ3n) is 1.44. The van der Waals surface area contributed by atoms with Gasteiger partial charge in [-0.15, -0.1) is 0 Å². The van der Waals surface area contributed by atoms with Crippen LogP contribution in [0.25, 0.3) is 0 Å². The average molecular weight is 497 g/mol. The monoisotopic (exact) mass is 492 g/mol. The molecule has 0 aliphatic rings. The number of hydrogen-bond acceptors (Lipinski definition) is 1. The zero-order valence-corrected chi connectivity index (χ0v) is 14.3. The van der Waals surface area contributed by atoms with Gasteiger partial charge in [-0.1, -0.05) is 86.6 Å². The molecule has 0 rings (SSSR count). The Kier molecular flexibility index (Phi) is 6.52. The summed E-state index contributed by atoms with van der Waals surface area (Å²) >= 11 is 17.3. The Labute approximate surface area is 115 Å². The van der Waals surface area contributed by atoms with Gasteiger partial charge in [0.05, 0.1) is 6.61 Å². The molecule has 0 amide bonds. The van der Waals surface area contributed by atoms with Gasteiger partial charge in [0, 0.05) is 4.83 Å². The van der Waals surface area contributed by atoms with Crippen molar-refractivity contribution in [3.8, 4) is 0 Å². The molecule has 0 aromatic heterocycles. The van der Waals surface area contributed by atoms with E-state index in [2.05, 4.69) is 86.6 Å². The first-order valence-corrected chi connectivity index (χ1v) is 7.39. The molecule has 0 aromatic rings. The standard InChI is InChI=1S/C6H9Br5O/c1-2-4(7)6(10,11)5(8,9)3-12/h4,12H,2-3H2,1H3. The largest absolute Gasteiger partial charge is 0.394 e. The Morgan fingerprint density at radius 1 is 1.25 bits per heavy atom. The molecule has 74 valence electrons. The molecular weight excluding hydrogens is 488 g/mol. The first kappa shape index (κ1) is 14.4. The van der Waals surface area contributed by atoms with Crippen LogP contribution >= 0.6 is 79.6 Å². The second-order valence-electron chi connectivity index (χ2n) is 2.36. The van der Waals surface area contributed by atoms with Crippen molar-refractivity contribution in [3.63, 3.8) is 0 Å². The molecule has 0 bridgehead atoms. The Balaban J connectivity index is 4.58. The summed E-state index contributed by atoms with van der Waals surface area (Å²) in [5.74, 6) is 0. The average Bonchev–Trinajstić information content (AvgIpc) is 2.02. The van der Waals surface area contributed by atoms with Crippen molar-refractivity contribution in [3.05, 3.63) is 0 Å². The van der Waals surface area contributed by atoms with E-state index in [0.717, 1.165) is 6.42 Å². The van der Waals surface area contributed by atoms with Gasteiger partial charge in [0.1, 0.15) is 6.47 Å². The zero-order chi connectivity index (χ0) is 9.99. The summed E-state index contributed by atoms with van der Waals surface area (Å²) in [4.78, 5) is 0.205. The Morgan fingerprint density at radius 2 is 1.67 bits per heavy atom. The van der Waals surface area contributed by atoms with Crippen LogP contribution in [0, 0.1) is 0 Å². The van der Waals surface area contributed by atoms with Crippen molar-refractivity contribution in [2.45, 2.75) is 24.6 Å². The van der Waals surface area contributed by atoms with E-state index in [0.29, 0.717) is 0 Å². The molecule has 12 heavy (non-hydrogen) atoms. The highest BCUT2D eigenvalue weighted by atomic mass is 79.9. The fourth-order valence-corrected chi connectivity index (χ4v) is 3.05. The van der Waals surface area contributed by atoms with E-state index in [4.69, 9.17) is 5.11 Å². The third-order valence-corrected chi connectivity index (χ3v) is 10.3. The summed E-state index contributed by atoms with van der Waals surface area (Å²) < 4.78 is -0.992. The number of halogens is 5. The van der Waals surface area contributed by atoms with Crippen molar-refractivity contribution in [1.82, 2.24) is 0 Å². The fourth-order valence-electron chi connectivity index (χ4n) is 0.591. The minimum atomic E-state index is -0.572. The third kappa shape index (κ3) is 3.19. The van der Waals surface area contributed by atoms with Gasteiger partial charge in [-0.3, -0.25) is 0 Å². The van der Waals surface area contributed by atoms with Crippen molar-refractivity contribution in [2.75, 3.05) is 6.61 Å². The smallest absolute Gasteiger partial charge is 0.129 e. The summed E-state index contributed by atoms with van der Waals surface area (Å²) in [6.45, 7) is 2.04. The number of alkyl halides is 5. The molecule has 0 saturated carbocycles. The summed E-state index contributed by atoms with van der Waals surface area (Å²) in [6, 6.07) is 0. The fraction of sp³-hybridized carbons (Fsp3) is 1.00. The van der Waals surface area contributed by atoms with E-state index in [1.807, 2.05) is 0 Å². The van der Waals surface area contributed by atoms with Crippen molar-refractivity contribution in [2.24, 2.45) is 0 Å². The van der Waals surface area contributed by atoms with E-state index in [9.17, 15) is 0 Å². The number of aliphatic hydroxyl groups excluding tert-OH is 1. The topological polar surface area (TPSA) is 20.2 Å². The maximum atomic E-state index is 9.10. The van der Waals surface area contributed by atoms with Crippen LogP contribution in [0.4, 0.5) is 0 Å². The normalized spacial score (nSPS) is 16.2. The first-order valence-electron chi connectivity index (χ1n) is 3.30. The molecule has 0 fully saturated rings. The molecule has 1 N–H and O–H groups in total. The molecular formula is C6H9Br5O. The summed E-state index contributed by atoms with van der Waals surface area (Å²) in [6.07, 6.45) is 0.940. The lowest BCUT2D eigenvalue weighted by molar-refractivity contribution is 0.283. The van der Waals surface area contributed by atoms with Crippen LogP contribution in [0.1, 0.15) is 13.3 Å². The van der Waals surface area contributed by atoms with E-state index in [-0.39, 0.29) is 11.4 Å². The summed E-state index contributed by atoms with van der Waals surface area (Å²) in [7, 11) is 0. The predicted octanol–water partition coefficient (Wildman–Crippen LogP) is 4.12. The highest BCUT2D eigenvalue weighted by Gasteiger charge is 2.48. The Bertz CT molecular complexity index is 147. The lowest BCUT2D eigenvalue weighted by atomic mass is 10.2. The highest BCUT2D eigenvalue weighted by molar-refractivity contribution is 9.30. The van der Waals surface area contributed by atoms with E-state index < -0.39 is 6.47 Å². The zero-order valence-electron chi connectivity index (χ0n) is 6.33. The Morgan fingerprint density at radius 3 is 1.92 bits per heavy atom. The molecule has 0 aliphatic carbocycles. The summed E-state index contributed by atoms with van der Waals surface area (Å²) in [5, 5.41) is 9.10.